The Labute approximate surface area is 100 Å². The average molecular weight is 229 g/mol. The molecule has 0 saturated carbocycles. The van der Waals surface area contributed by atoms with Crippen LogP contribution in [0.4, 0.5) is 5.69 Å². The third-order valence-electron chi connectivity index (χ3n) is 3.08. The molecule has 0 N–H and O–H groups in total. The molecule has 0 radical (unpaired) electrons. The maximum absolute atomic E-state index is 4.01. The SMILES string of the molecule is c1ccc(N2CCN(n3ccnn3)CC2)cc1. The number of hydrogen-bond donors (Lipinski definition) is 0. The number of benzene rings is 1. The molecule has 1 aromatic heterocycles. The quantitative estimate of drug-likeness (QED) is 0.761. The Morgan fingerprint density at radius 2 is 1.71 bits per heavy atom. The Bertz CT molecular complexity index is 445. The maximum Gasteiger partial charge on any atom is 0.0715 e. The summed E-state index contributed by atoms with van der Waals surface area (Å²) in [4.78, 5) is 4.22. The second-order valence-corrected chi connectivity index (χ2v) is 4.10. The van der Waals surface area contributed by atoms with E-state index in [0.717, 1.165) is 26.2 Å². The minimum Gasteiger partial charge on any atom is -0.368 e. The lowest BCUT2D eigenvalue weighted by atomic mass is 10.2. The Morgan fingerprint density at radius 3 is 2.35 bits per heavy atom. The van der Waals surface area contributed by atoms with Crippen LogP contribution in [0, 0.1) is 0 Å². The van der Waals surface area contributed by atoms with Crippen LogP contribution in [-0.2, 0) is 0 Å². The Balaban J connectivity index is 1.65. The predicted molar refractivity (Wildman–Crippen MR) is 66.6 cm³/mol. The largest absolute Gasteiger partial charge is 0.368 e. The van der Waals surface area contributed by atoms with Crippen molar-refractivity contribution in [2.45, 2.75) is 0 Å². The fourth-order valence-electron chi connectivity index (χ4n) is 2.15. The van der Waals surface area contributed by atoms with Gasteiger partial charge in [0.2, 0.25) is 0 Å². The standard InChI is InChI=1S/C12H15N5/c1-2-4-12(5-3-1)15-8-10-16(11-9-15)17-7-6-13-14-17/h1-7H,8-11H2. The molecule has 5 nitrogen and oxygen atoms in total. The van der Waals surface area contributed by atoms with Gasteiger partial charge in [-0.05, 0) is 17.3 Å². The summed E-state index contributed by atoms with van der Waals surface area (Å²) in [7, 11) is 0. The van der Waals surface area contributed by atoms with Crippen molar-refractivity contribution in [3.63, 3.8) is 0 Å². The molecule has 1 saturated heterocycles. The van der Waals surface area contributed by atoms with E-state index in [2.05, 4.69) is 50.6 Å². The molecule has 1 aromatic carbocycles. The molecule has 17 heavy (non-hydrogen) atoms. The van der Waals surface area contributed by atoms with Gasteiger partial charge in [-0.2, -0.15) is 4.79 Å². The molecule has 3 rings (SSSR count). The van der Waals surface area contributed by atoms with E-state index >= 15 is 0 Å². The van der Waals surface area contributed by atoms with E-state index in [1.165, 1.54) is 5.69 Å². The molecule has 0 unspecified atom stereocenters. The zero-order chi connectivity index (χ0) is 11.5. The topological polar surface area (TPSA) is 37.2 Å². The van der Waals surface area contributed by atoms with E-state index in [1.54, 1.807) is 6.20 Å². The van der Waals surface area contributed by atoms with E-state index in [0.29, 0.717) is 0 Å². The Hall–Kier alpha value is -2.04. The first kappa shape index (κ1) is 10.1. The zero-order valence-corrected chi connectivity index (χ0v) is 9.61. The summed E-state index contributed by atoms with van der Waals surface area (Å²) in [6.45, 7) is 3.98. The molecular formula is C12H15N5. The van der Waals surface area contributed by atoms with Crippen LogP contribution in [0.1, 0.15) is 0 Å². The first-order valence-electron chi connectivity index (χ1n) is 5.85. The summed E-state index contributed by atoms with van der Waals surface area (Å²) < 4.78 is 0. The molecule has 5 heteroatoms. The van der Waals surface area contributed by atoms with Gasteiger partial charge in [0.1, 0.15) is 0 Å². The van der Waals surface area contributed by atoms with E-state index < -0.39 is 0 Å². The Kier molecular flexibility index (Phi) is 2.65. The number of piperazine rings is 1. The van der Waals surface area contributed by atoms with Crippen LogP contribution in [0.5, 0.6) is 0 Å². The predicted octanol–water partition coefficient (Wildman–Crippen LogP) is 0.736. The lowest BCUT2D eigenvalue weighted by Gasteiger charge is -2.36. The number of para-hydroxylation sites is 1. The van der Waals surface area contributed by atoms with E-state index in [9.17, 15) is 0 Å². The van der Waals surface area contributed by atoms with Crippen molar-refractivity contribution in [1.29, 1.82) is 0 Å². The highest BCUT2D eigenvalue weighted by molar-refractivity contribution is 5.46. The first-order chi connectivity index (χ1) is 8.43. The van der Waals surface area contributed by atoms with Crippen LogP contribution < -0.4 is 9.91 Å². The second kappa shape index (κ2) is 4.45. The fourth-order valence-corrected chi connectivity index (χ4v) is 2.15. The minimum atomic E-state index is 0.970. The second-order valence-electron chi connectivity index (χ2n) is 4.10. The van der Waals surface area contributed by atoms with Crippen LogP contribution in [0.15, 0.2) is 42.7 Å². The van der Waals surface area contributed by atoms with Crippen molar-refractivity contribution in [2.75, 3.05) is 36.1 Å². The molecule has 0 bridgehead atoms. The lowest BCUT2D eigenvalue weighted by molar-refractivity contribution is 0.479. The van der Waals surface area contributed by atoms with Gasteiger partial charge in [-0.25, -0.2) is 0 Å². The molecule has 0 amide bonds. The lowest BCUT2D eigenvalue weighted by Crippen LogP contribution is -2.51. The average Bonchev–Trinajstić information content (AvgIpc) is 2.94. The van der Waals surface area contributed by atoms with Crippen LogP contribution >= 0.6 is 0 Å². The van der Waals surface area contributed by atoms with Crippen molar-refractivity contribution in [3.8, 4) is 0 Å². The van der Waals surface area contributed by atoms with E-state index in [1.807, 2.05) is 11.0 Å². The maximum atomic E-state index is 4.01. The fraction of sp³-hybridized carbons (Fsp3) is 0.333. The highest BCUT2D eigenvalue weighted by Gasteiger charge is 2.17. The van der Waals surface area contributed by atoms with Crippen LogP contribution in [0.25, 0.3) is 0 Å². The van der Waals surface area contributed by atoms with Gasteiger partial charge in [0.15, 0.2) is 0 Å². The third kappa shape index (κ3) is 2.08. The van der Waals surface area contributed by atoms with Gasteiger partial charge in [-0.3, -0.25) is 5.01 Å². The van der Waals surface area contributed by atoms with Crippen molar-refractivity contribution < 1.29 is 0 Å². The number of anilines is 1. The first-order valence-corrected chi connectivity index (χ1v) is 5.85. The molecule has 0 spiro atoms. The third-order valence-corrected chi connectivity index (χ3v) is 3.08. The number of hydrogen-bond acceptors (Lipinski definition) is 4. The number of rotatable bonds is 2. The minimum absolute atomic E-state index is 0.970. The molecule has 1 fully saturated rings. The summed E-state index contributed by atoms with van der Waals surface area (Å²) in [5.41, 5.74) is 1.30. The summed E-state index contributed by atoms with van der Waals surface area (Å²) in [6, 6.07) is 10.5. The molecule has 2 heterocycles. The van der Waals surface area contributed by atoms with Gasteiger partial charge in [-0.1, -0.05) is 18.2 Å². The van der Waals surface area contributed by atoms with Gasteiger partial charge in [0, 0.05) is 18.8 Å². The highest BCUT2D eigenvalue weighted by Crippen LogP contribution is 2.14. The monoisotopic (exact) mass is 229 g/mol. The number of nitrogens with zero attached hydrogens (tertiary/aromatic N) is 5. The van der Waals surface area contributed by atoms with Crippen LogP contribution in [0.2, 0.25) is 0 Å². The molecule has 1 aliphatic heterocycles. The zero-order valence-electron chi connectivity index (χ0n) is 9.61. The highest BCUT2D eigenvalue weighted by atomic mass is 15.7. The molecule has 88 valence electrons. The molecule has 2 aromatic rings. The van der Waals surface area contributed by atoms with Crippen LogP contribution in [0.3, 0.4) is 0 Å². The van der Waals surface area contributed by atoms with Crippen molar-refractivity contribution in [3.05, 3.63) is 42.7 Å². The van der Waals surface area contributed by atoms with Crippen molar-refractivity contribution in [2.24, 2.45) is 0 Å². The van der Waals surface area contributed by atoms with E-state index in [4.69, 9.17) is 0 Å². The van der Waals surface area contributed by atoms with Gasteiger partial charge in [0.05, 0.1) is 25.5 Å². The van der Waals surface area contributed by atoms with Crippen molar-refractivity contribution >= 4 is 5.69 Å². The van der Waals surface area contributed by atoms with Gasteiger partial charge >= 0.3 is 0 Å². The normalized spacial score (nSPS) is 16.2. The summed E-state index contributed by atoms with van der Waals surface area (Å²) in [5.74, 6) is 0. The van der Waals surface area contributed by atoms with E-state index in [-0.39, 0.29) is 0 Å². The summed E-state index contributed by atoms with van der Waals surface area (Å²) in [6.07, 6.45) is 3.60. The number of aromatic nitrogens is 3. The summed E-state index contributed by atoms with van der Waals surface area (Å²) in [5, 5.41) is 10.0. The molecule has 1 aliphatic rings. The van der Waals surface area contributed by atoms with Gasteiger partial charge in [-0.15, -0.1) is 5.10 Å². The molecule has 0 aliphatic carbocycles. The smallest absolute Gasteiger partial charge is 0.0715 e. The van der Waals surface area contributed by atoms with Gasteiger partial charge in [0.25, 0.3) is 0 Å². The van der Waals surface area contributed by atoms with Crippen LogP contribution in [-0.4, -0.2) is 41.3 Å². The summed E-state index contributed by atoms with van der Waals surface area (Å²) >= 11 is 0. The van der Waals surface area contributed by atoms with Crippen molar-refractivity contribution in [1.82, 2.24) is 15.1 Å². The Morgan fingerprint density at radius 1 is 0.941 bits per heavy atom. The molecule has 0 atom stereocenters. The molecular weight excluding hydrogens is 214 g/mol. The van der Waals surface area contributed by atoms with Gasteiger partial charge < -0.3 is 4.90 Å².